The molecule has 0 radical (unpaired) electrons. The summed E-state index contributed by atoms with van der Waals surface area (Å²) in [6.45, 7) is 5.51. The molecule has 2 N–H and O–H groups in total. The van der Waals surface area contributed by atoms with Gasteiger partial charge >= 0.3 is 12.1 Å². The molecule has 0 aliphatic rings. The number of fused-ring (bicyclic) bond motifs is 1. The second-order valence-corrected chi connectivity index (χ2v) is 9.26. The Hall–Kier alpha value is -3.33. The molecule has 0 saturated heterocycles. The smallest absolute Gasteiger partial charge is 0.488 e. The molecule has 4 rings (SSSR count). The lowest BCUT2D eigenvalue weighted by atomic mass is 10.1. The summed E-state index contributed by atoms with van der Waals surface area (Å²) in [6, 6.07) is 12.3. The fourth-order valence-electron chi connectivity index (χ4n) is 3.44. The zero-order valence-corrected chi connectivity index (χ0v) is 19.0. The minimum absolute atomic E-state index is 0.271. The van der Waals surface area contributed by atoms with Crippen LogP contribution in [0.2, 0.25) is 0 Å². The quantitative estimate of drug-likeness (QED) is 0.325. The van der Waals surface area contributed by atoms with Crippen molar-refractivity contribution in [2.75, 3.05) is 0 Å². The number of carboxylic acids is 1. The predicted molar refractivity (Wildman–Crippen MR) is 122 cm³/mol. The van der Waals surface area contributed by atoms with Crippen LogP contribution in [0.15, 0.2) is 54.7 Å². The second kappa shape index (κ2) is 8.22. The first-order valence-corrected chi connectivity index (χ1v) is 10.9. The summed E-state index contributed by atoms with van der Waals surface area (Å²) in [5.74, 6) is -0.0380. The molecule has 0 fully saturated rings. The Morgan fingerprint density at radius 3 is 2.45 bits per heavy atom. The number of benzene rings is 2. The van der Waals surface area contributed by atoms with E-state index in [1.807, 2.05) is 25.1 Å². The van der Waals surface area contributed by atoms with Gasteiger partial charge in [-0.1, -0.05) is 12.1 Å². The third kappa shape index (κ3) is 4.45. The summed E-state index contributed by atoms with van der Waals surface area (Å²) in [5.41, 5.74) is 0.544. The molecule has 0 spiro atoms. The number of thiazole rings is 1. The molecule has 2 heterocycles. The van der Waals surface area contributed by atoms with Crippen LogP contribution in [0.1, 0.15) is 30.0 Å². The van der Waals surface area contributed by atoms with Gasteiger partial charge in [0.25, 0.3) is 0 Å². The fraction of sp³-hybridized carbons (Fsp3) is 0.250. The molecule has 0 bridgehead atoms. The first kappa shape index (κ1) is 22.8. The van der Waals surface area contributed by atoms with Crippen LogP contribution in [-0.4, -0.2) is 25.4 Å². The largest absolute Gasteiger partial charge is 0.507 e. The minimum Gasteiger partial charge on any atom is -0.488 e. The van der Waals surface area contributed by atoms with Gasteiger partial charge in [-0.3, -0.25) is 0 Å². The van der Waals surface area contributed by atoms with Crippen molar-refractivity contribution >= 4 is 28.2 Å². The maximum atomic E-state index is 12.8. The van der Waals surface area contributed by atoms with Crippen molar-refractivity contribution < 1.29 is 27.8 Å². The SMILES string of the molecule is Cc1nc(-c2ccc(C(F)(F)F)cc2)sc1COc1ccc2c(ccn2C(C)(C)C(O)=[OH+])c1. The molecule has 0 aliphatic carbocycles. The predicted octanol–water partition coefficient (Wildman–Crippen LogP) is 6.47. The fourth-order valence-corrected chi connectivity index (χ4v) is 4.42. The number of ether oxygens (including phenoxy) is 1. The number of aromatic nitrogens is 2. The Morgan fingerprint density at radius 2 is 1.82 bits per heavy atom. The molecule has 0 unspecified atom stereocenters. The molecule has 4 aromatic rings. The average Bonchev–Trinajstić information content (AvgIpc) is 3.35. The number of halogens is 3. The summed E-state index contributed by atoms with van der Waals surface area (Å²) in [4.78, 5) is 15.0. The maximum Gasteiger partial charge on any atom is 0.507 e. The first-order chi connectivity index (χ1) is 15.5. The standard InChI is InChI=1S/C24H21F3N2O3S/c1-14-20(33-21(28-14)15-4-6-17(7-5-15)24(25,26)27)13-32-18-8-9-19-16(12-18)10-11-29(19)23(2,3)22(30)31/h4-12H,13H2,1-3H3,(H,30,31)/p+1. The van der Waals surface area contributed by atoms with Crippen molar-refractivity contribution in [2.24, 2.45) is 0 Å². The lowest BCUT2D eigenvalue weighted by Crippen LogP contribution is -2.35. The highest BCUT2D eigenvalue weighted by Crippen LogP contribution is 2.34. The lowest BCUT2D eigenvalue weighted by Gasteiger charge is -2.19. The van der Waals surface area contributed by atoms with E-state index in [1.54, 1.807) is 30.7 Å². The van der Waals surface area contributed by atoms with E-state index < -0.39 is 23.2 Å². The molecule has 0 aliphatic heterocycles. The van der Waals surface area contributed by atoms with Gasteiger partial charge in [0.2, 0.25) is 0 Å². The van der Waals surface area contributed by atoms with E-state index in [9.17, 15) is 23.1 Å². The first-order valence-electron chi connectivity index (χ1n) is 10.1. The third-order valence-corrected chi connectivity index (χ3v) is 6.71. The normalized spacial score (nSPS) is 12.3. The van der Waals surface area contributed by atoms with Crippen LogP contribution in [0.5, 0.6) is 5.75 Å². The summed E-state index contributed by atoms with van der Waals surface area (Å²) in [5, 5.41) is 11.1. The molecule has 33 heavy (non-hydrogen) atoms. The molecule has 172 valence electrons. The molecule has 5 nitrogen and oxygen atoms in total. The van der Waals surface area contributed by atoms with Gasteiger partial charge in [0.15, 0.2) is 5.54 Å². The molecule has 0 amide bonds. The summed E-state index contributed by atoms with van der Waals surface area (Å²) < 4.78 is 46.1. The van der Waals surface area contributed by atoms with Crippen LogP contribution in [0.4, 0.5) is 13.2 Å². The number of rotatable bonds is 6. The van der Waals surface area contributed by atoms with E-state index in [-0.39, 0.29) is 6.61 Å². The van der Waals surface area contributed by atoms with Crippen LogP contribution in [0.25, 0.3) is 21.5 Å². The van der Waals surface area contributed by atoms with Crippen molar-refractivity contribution in [1.29, 1.82) is 0 Å². The zero-order chi connectivity index (χ0) is 24.0. The van der Waals surface area contributed by atoms with Crippen molar-refractivity contribution in [1.82, 2.24) is 9.55 Å². The molecule has 0 saturated carbocycles. The van der Waals surface area contributed by atoms with E-state index in [0.29, 0.717) is 16.3 Å². The van der Waals surface area contributed by atoms with Crippen LogP contribution in [-0.2, 0) is 18.3 Å². The maximum absolute atomic E-state index is 12.8. The zero-order valence-electron chi connectivity index (χ0n) is 18.1. The number of alkyl halides is 3. The highest BCUT2D eigenvalue weighted by molar-refractivity contribution is 7.15. The van der Waals surface area contributed by atoms with Crippen molar-refractivity contribution in [3.05, 3.63) is 70.9 Å². The summed E-state index contributed by atoms with van der Waals surface area (Å²) in [7, 11) is 0. The van der Waals surface area contributed by atoms with Crippen molar-refractivity contribution in [3.8, 4) is 16.3 Å². The Kier molecular flexibility index (Phi) is 5.69. The van der Waals surface area contributed by atoms with Crippen LogP contribution >= 0.6 is 11.3 Å². The number of carboxylic acid groups (broad SMARTS) is 1. The lowest BCUT2D eigenvalue weighted by molar-refractivity contribution is -0.137. The highest BCUT2D eigenvalue weighted by atomic mass is 32.1. The summed E-state index contributed by atoms with van der Waals surface area (Å²) in [6.07, 6.45) is -2.59. The minimum atomic E-state index is -4.37. The van der Waals surface area contributed by atoms with E-state index >= 15 is 0 Å². The molecule has 9 heteroatoms. The second-order valence-electron chi connectivity index (χ2n) is 8.18. The molecule has 2 aromatic carbocycles. The Bertz CT molecular complexity index is 1320. The van der Waals surface area contributed by atoms with Gasteiger partial charge in [-0.2, -0.15) is 13.2 Å². The Labute approximate surface area is 192 Å². The molecule has 2 aromatic heterocycles. The van der Waals surface area contributed by atoms with Gasteiger partial charge in [0.05, 0.1) is 16.1 Å². The van der Waals surface area contributed by atoms with Crippen LogP contribution in [0, 0.1) is 6.92 Å². The molecular weight excluding hydrogens is 453 g/mol. The molecule has 0 atom stereocenters. The topological polar surface area (TPSA) is 68.7 Å². The number of aliphatic carboxylic acids is 1. The number of aryl methyl sites for hydroxylation is 1. The van der Waals surface area contributed by atoms with E-state index in [2.05, 4.69) is 4.98 Å². The average molecular weight is 476 g/mol. The van der Waals surface area contributed by atoms with Crippen molar-refractivity contribution in [2.45, 2.75) is 39.1 Å². The molecular formula is C24H22F3N2O3S+. The van der Waals surface area contributed by atoms with Gasteiger partial charge < -0.3 is 19.2 Å². The summed E-state index contributed by atoms with van der Waals surface area (Å²) >= 11 is 1.38. The Balaban J connectivity index is 1.51. The van der Waals surface area contributed by atoms with E-state index in [1.165, 1.54) is 23.5 Å². The number of hydrogen-bond acceptors (Lipinski definition) is 3. The number of aliphatic hydroxyl groups excluding tert-OH is 1. The van der Waals surface area contributed by atoms with Gasteiger partial charge in [0.1, 0.15) is 17.4 Å². The highest BCUT2D eigenvalue weighted by Gasteiger charge is 2.36. The van der Waals surface area contributed by atoms with Crippen LogP contribution in [0.3, 0.4) is 0 Å². The van der Waals surface area contributed by atoms with E-state index in [0.717, 1.165) is 33.6 Å². The Morgan fingerprint density at radius 1 is 1.12 bits per heavy atom. The number of nitrogens with zero attached hydrogens (tertiary/aromatic N) is 2. The van der Waals surface area contributed by atoms with Gasteiger partial charge in [-0.15, -0.1) is 11.3 Å². The van der Waals surface area contributed by atoms with Crippen LogP contribution < -0.4 is 4.74 Å². The van der Waals surface area contributed by atoms with Gasteiger partial charge in [-0.05, 0) is 57.2 Å². The van der Waals surface area contributed by atoms with Gasteiger partial charge in [-0.25, -0.2) is 4.98 Å². The number of hydrogen-bond donors (Lipinski definition) is 1. The van der Waals surface area contributed by atoms with Gasteiger partial charge in [0, 0.05) is 22.7 Å². The third-order valence-electron chi connectivity index (χ3n) is 5.53. The van der Waals surface area contributed by atoms with Crippen molar-refractivity contribution in [3.63, 3.8) is 0 Å². The monoisotopic (exact) mass is 475 g/mol. The van der Waals surface area contributed by atoms with E-state index in [4.69, 9.17) is 4.74 Å².